The second-order valence-electron chi connectivity index (χ2n) is 6.94. The molecule has 2 heterocycles. The quantitative estimate of drug-likeness (QED) is 0.509. The van der Waals surface area contributed by atoms with E-state index < -0.39 is 0 Å². The van der Waals surface area contributed by atoms with Crippen LogP contribution < -0.4 is 5.32 Å². The third-order valence-corrected chi connectivity index (χ3v) is 6.63. The molecule has 1 aliphatic rings. The van der Waals surface area contributed by atoms with Crippen molar-refractivity contribution < 1.29 is 0 Å². The molecule has 2 aromatic heterocycles. The molecule has 0 amide bonds. The maximum atomic E-state index is 6.14. The molecule has 0 atom stereocenters. The van der Waals surface area contributed by atoms with Crippen LogP contribution in [0.15, 0.2) is 24.3 Å². The largest absolute Gasteiger partial charge is 0.365 e. The summed E-state index contributed by atoms with van der Waals surface area (Å²) in [6.07, 6.45) is 6.28. The Morgan fingerprint density at radius 3 is 2.65 bits per heavy atom. The maximum Gasteiger partial charge on any atom is 0.138 e. The molecule has 0 saturated heterocycles. The molecule has 1 fully saturated rings. The van der Waals surface area contributed by atoms with Crippen molar-refractivity contribution >= 4 is 50.6 Å². The lowest BCUT2D eigenvalue weighted by atomic mass is 9.89. The van der Waals surface area contributed by atoms with Crippen LogP contribution in [0.1, 0.15) is 54.3 Å². The number of nitrogens with zero attached hydrogens (tertiary/aromatic N) is 2. The predicted molar refractivity (Wildman–Crippen MR) is 112 cm³/mol. The minimum Gasteiger partial charge on any atom is -0.365 e. The van der Waals surface area contributed by atoms with E-state index in [1.807, 2.05) is 18.2 Å². The normalized spacial score (nSPS) is 15.5. The smallest absolute Gasteiger partial charge is 0.138 e. The van der Waals surface area contributed by atoms with Gasteiger partial charge in [-0.1, -0.05) is 48.5 Å². The Labute approximate surface area is 167 Å². The van der Waals surface area contributed by atoms with E-state index >= 15 is 0 Å². The van der Waals surface area contributed by atoms with Crippen molar-refractivity contribution in [2.45, 2.75) is 51.5 Å². The summed E-state index contributed by atoms with van der Waals surface area (Å²) in [5, 5.41) is 5.75. The van der Waals surface area contributed by atoms with Gasteiger partial charge >= 0.3 is 0 Å². The number of anilines is 1. The maximum absolute atomic E-state index is 6.14. The van der Waals surface area contributed by atoms with E-state index in [0.717, 1.165) is 27.4 Å². The van der Waals surface area contributed by atoms with E-state index in [4.69, 9.17) is 33.2 Å². The molecule has 0 unspecified atom stereocenters. The summed E-state index contributed by atoms with van der Waals surface area (Å²) in [6, 6.07) is 7.89. The van der Waals surface area contributed by atoms with Gasteiger partial charge in [-0.25, -0.2) is 9.97 Å². The fourth-order valence-electron chi connectivity index (χ4n) is 3.57. The Balaban J connectivity index is 1.64. The van der Waals surface area contributed by atoms with Gasteiger partial charge in [0.2, 0.25) is 0 Å². The Bertz CT molecular complexity index is 932. The molecule has 6 heteroatoms. The molecular weight excluding hydrogens is 385 g/mol. The molecule has 0 spiro atoms. The van der Waals surface area contributed by atoms with Crippen molar-refractivity contribution in [3.05, 3.63) is 50.6 Å². The lowest BCUT2D eigenvalue weighted by Crippen LogP contribution is -2.11. The molecule has 1 aromatic carbocycles. The van der Waals surface area contributed by atoms with Crippen LogP contribution in [0.5, 0.6) is 0 Å². The standard InChI is InChI=1S/C20H21Cl2N3S/c1-12-9-15-19(23-11-13-7-8-16(21)17(22)10-13)24-18(25-20(15)26-12)14-5-3-2-4-6-14/h7-10,14H,2-6,11H2,1H3,(H,23,24,25). The lowest BCUT2D eigenvalue weighted by Gasteiger charge is -2.21. The number of rotatable bonds is 4. The van der Waals surface area contributed by atoms with Crippen molar-refractivity contribution in [3.8, 4) is 0 Å². The van der Waals surface area contributed by atoms with Crippen LogP contribution in [-0.4, -0.2) is 9.97 Å². The van der Waals surface area contributed by atoms with Crippen LogP contribution in [0, 0.1) is 6.92 Å². The Kier molecular flexibility index (Phi) is 5.35. The fraction of sp³-hybridized carbons (Fsp3) is 0.400. The lowest BCUT2D eigenvalue weighted by molar-refractivity contribution is 0.430. The first-order chi connectivity index (χ1) is 12.6. The van der Waals surface area contributed by atoms with Gasteiger partial charge in [0.25, 0.3) is 0 Å². The van der Waals surface area contributed by atoms with Crippen LogP contribution in [0.4, 0.5) is 5.82 Å². The van der Waals surface area contributed by atoms with Crippen LogP contribution >= 0.6 is 34.5 Å². The van der Waals surface area contributed by atoms with E-state index in [9.17, 15) is 0 Å². The summed E-state index contributed by atoms with van der Waals surface area (Å²) in [4.78, 5) is 12.1. The zero-order valence-electron chi connectivity index (χ0n) is 14.7. The monoisotopic (exact) mass is 405 g/mol. The number of aromatic nitrogens is 2. The van der Waals surface area contributed by atoms with E-state index in [0.29, 0.717) is 22.5 Å². The SMILES string of the molecule is Cc1cc2c(NCc3ccc(Cl)c(Cl)c3)nc(C3CCCCC3)nc2s1. The molecule has 136 valence electrons. The number of fused-ring (bicyclic) bond motifs is 1. The molecule has 0 radical (unpaired) electrons. The highest BCUT2D eigenvalue weighted by atomic mass is 35.5. The Morgan fingerprint density at radius 2 is 1.88 bits per heavy atom. The highest BCUT2D eigenvalue weighted by molar-refractivity contribution is 7.18. The molecule has 1 aliphatic carbocycles. The van der Waals surface area contributed by atoms with Gasteiger partial charge < -0.3 is 5.32 Å². The molecule has 3 nitrogen and oxygen atoms in total. The molecule has 1 saturated carbocycles. The summed E-state index contributed by atoms with van der Waals surface area (Å²) in [5.41, 5.74) is 1.08. The van der Waals surface area contributed by atoms with Gasteiger partial charge in [-0.3, -0.25) is 0 Å². The Hall–Kier alpha value is -1.36. The van der Waals surface area contributed by atoms with Gasteiger partial charge in [-0.15, -0.1) is 11.3 Å². The minimum atomic E-state index is 0.487. The number of aryl methyl sites for hydroxylation is 1. The first kappa shape index (κ1) is 18.0. The summed E-state index contributed by atoms with van der Waals surface area (Å²) >= 11 is 13.9. The molecule has 0 bridgehead atoms. The van der Waals surface area contributed by atoms with E-state index in [2.05, 4.69) is 18.3 Å². The zero-order chi connectivity index (χ0) is 18.1. The molecule has 26 heavy (non-hydrogen) atoms. The van der Waals surface area contributed by atoms with Gasteiger partial charge in [-0.05, 0) is 43.5 Å². The third kappa shape index (κ3) is 3.83. The van der Waals surface area contributed by atoms with Gasteiger partial charge in [0.05, 0.1) is 15.4 Å². The second kappa shape index (κ2) is 7.71. The van der Waals surface area contributed by atoms with Crippen LogP contribution in [-0.2, 0) is 6.54 Å². The average molecular weight is 406 g/mol. The number of benzene rings is 1. The molecular formula is C20H21Cl2N3S. The van der Waals surface area contributed by atoms with E-state index in [1.165, 1.54) is 37.0 Å². The third-order valence-electron chi connectivity index (χ3n) is 4.95. The van der Waals surface area contributed by atoms with Gasteiger partial charge in [0, 0.05) is 17.3 Å². The summed E-state index contributed by atoms with van der Waals surface area (Å²) < 4.78 is 0. The average Bonchev–Trinajstić information content (AvgIpc) is 3.03. The summed E-state index contributed by atoms with van der Waals surface area (Å²) in [7, 11) is 0. The highest BCUT2D eigenvalue weighted by Gasteiger charge is 2.20. The first-order valence-electron chi connectivity index (χ1n) is 9.06. The van der Waals surface area contributed by atoms with E-state index in [-0.39, 0.29) is 0 Å². The number of nitrogens with one attached hydrogen (secondary N) is 1. The van der Waals surface area contributed by atoms with Gasteiger partial charge in [0.1, 0.15) is 16.5 Å². The van der Waals surface area contributed by atoms with Crippen molar-refractivity contribution in [3.63, 3.8) is 0 Å². The number of hydrogen-bond donors (Lipinski definition) is 1. The summed E-state index contributed by atoms with van der Waals surface area (Å²) in [6.45, 7) is 2.78. The van der Waals surface area contributed by atoms with Crippen molar-refractivity contribution in [1.82, 2.24) is 9.97 Å². The summed E-state index contributed by atoms with van der Waals surface area (Å²) in [5.74, 6) is 2.41. The topological polar surface area (TPSA) is 37.8 Å². The zero-order valence-corrected chi connectivity index (χ0v) is 17.0. The molecule has 3 aromatic rings. The first-order valence-corrected chi connectivity index (χ1v) is 10.6. The fourth-order valence-corrected chi connectivity index (χ4v) is 4.78. The molecule has 4 rings (SSSR count). The van der Waals surface area contributed by atoms with Gasteiger partial charge in [0.15, 0.2) is 0 Å². The van der Waals surface area contributed by atoms with Crippen molar-refractivity contribution in [2.24, 2.45) is 0 Å². The van der Waals surface area contributed by atoms with Gasteiger partial charge in [-0.2, -0.15) is 0 Å². The number of thiophene rings is 1. The minimum absolute atomic E-state index is 0.487. The van der Waals surface area contributed by atoms with Crippen molar-refractivity contribution in [2.75, 3.05) is 5.32 Å². The number of hydrogen-bond acceptors (Lipinski definition) is 4. The molecule has 0 aliphatic heterocycles. The van der Waals surface area contributed by atoms with Crippen molar-refractivity contribution in [1.29, 1.82) is 0 Å². The Morgan fingerprint density at radius 1 is 1.08 bits per heavy atom. The van der Waals surface area contributed by atoms with E-state index in [1.54, 1.807) is 11.3 Å². The number of halogens is 2. The second-order valence-corrected chi connectivity index (χ2v) is 8.99. The molecule has 1 N–H and O–H groups in total. The van der Waals surface area contributed by atoms with Crippen LogP contribution in [0.3, 0.4) is 0 Å². The highest BCUT2D eigenvalue weighted by Crippen LogP contribution is 2.35. The van der Waals surface area contributed by atoms with Crippen LogP contribution in [0.25, 0.3) is 10.2 Å². The van der Waals surface area contributed by atoms with Crippen LogP contribution in [0.2, 0.25) is 10.0 Å². The predicted octanol–water partition coefficient (Wildman–Crippen LogP) is 6.97.